The molecule has 0 aliphatic heterocycles. The molecule has 0 N–H and O–H groups in total. The SMILES string of the molecule is Cc1cccc(SS(=O)(=O)c2ccccc2)c1. The van der Waals surface area contributed by atoms with Crippen molar-refractivity contribution in [2.75, 3.05) is 0 Å². The van der Waals surface area contributed by atoms with Gasteiger partial charge in [0, 0.05) is 15.7 Å². The summed E-state index contributed by atoms with van der Waals surface area (Å²) in [5.74, 6) is 0. The molecule has 2 nitrogen and oxygen atoms in total. The summed E-state index contributed by atoms with van der Waals surface area (Å²) < 4.78 is 24.2. The predicted molar refractivity (Wildman–Crippen MR) is 70.7 cm³/mol. The van der Waals surface area contributed by atoms with Crippen molar-refractivity contribution < 1.29 is 8.42 Å². The zero-order valence-electron chi connectivity index (χ0n) is 9.33. The highest BCUT2D eigenvalue weighted by atomic mass is 33.1. The molecule has 0 saturated heterocycles. The van der Waals surface area contributed by atoms with Gasteiger partial charge in [-0.15, -0.1) is 0 Å². The molecule has 2 aromatic carbocycles. The van der Waals surface area contributed by atoms with Gasteiger partial charge in [0.05, 0.1) is 4.90 Å². The van der Waals surface area contributed by atoms with E-state index in [0.717, 1.165) is 21.3 Å². The first-order valence-electron chi connectivity index (χ1n) is 5.14. The summed E-state index contributed by atoms with van der Waals surface area (Å²) in [6.45, 7) is 1.94. The van der Waals surface area contributed by atoms with Crippen LogP contribution in [-0.4, -0.2) is 8.42 Å². The van der Waals surface area contributed by atoms with Crippen molar-refractivity contribution in [2.24, 2.45) is 0 Å². The molecule has 0 atom stereocenters. The van der Waals surface area contributed by atoms with Gasteiger partial charge in [0.25, 0.3) is 0 Å². The molecule has 0 saturated carbocycles. The van der Waals surface area contributed by atoms with Crippen molar-refractivity contribution in [3.8, 4) is 0 Å². The van der Waals surface area contributed by atoms with Crippen molar-refractivity contribution in [3.05, 3.63) is 60.2 Å². The Kier molecular flexibility index (Phi) is 3.54. The Morgan fingerprint density at radius 3 is 2.29 bits per heavy atom. The molecule has 17 heavy (non-hydrogen) atoms. The maximum Gasteiger partial charge on any atom is 0.234 e. The second kappa shape index (κ2) is 4.94. The molecule has 2 rings (SSSR count). The highest BCUT2D eigenvalue weighted by Crippen LogP contribution is 2.30. The van der Waals surface area contributed by atoms with E-state index in [1.165, 1.54) is 0 Å². The molecule has 0 heterocycles. The van der Waals surface area contributed by atoms with E-state index in [4.69, 9.17) is 0 Å². The molecule has 0 aromatic heterocycles. The van der Waals surface area contributed by atoms with Crippen molar-refractivity contribution in [1.29, 1.82) is 0 Å². The maximum absolute atomic E-state index is 12.1. The molecule has 88 valence electrons. The second-order valence-electron chi connectivity index (χ2n) is 3.67. The third kappa shape index (κ3) is 3.11. The highest BCUT2D eigenvalue weighted by Gasteiger charge is 2.15. The van der Waals surface area contributed by atoms with Gasteiger partial charge in [0.15, 0.2) is 0 Å². The maximum atomic E-state index is 12.1. The number of hydrogen-bond donors (Lipinski definition) is 0. The summed E-state index contributed by atoms with van der Waals surface area (Å²) in [4.78, 5) is 1.08. The molecule has 0 aliphatic carbocycles. The van der Waals surface area contributed by atoms with Crippen molar-refractivity contribution in [1.82, 2.24) is 0 Å². The Bertz CT molecular complexity index is 604. The van der Waals surface area contributed by atoms with Crippen LogP contribution in [0.3, 0.4) is 0 Å². The zero-order chi connectivity index (χ0) is 12.3. The fraction of sp³-hybridized carbons (Fsp3) is 0.0769. The van der Waals surface area contributed by atoms with Gasteiger partial charge in [-0.1, -0.05) is 30.3 Å². The highest BCUT2D eigenvalue weighted by molar-refractivity contribution is 8.72. The first-order valence-corrected chi connectivity index (χ1v) is 7.96. The van der Waals surface area contributed by atoms with Crippen LogP contribution in [0.2, 0.25) is 0 Å². The minimum Gasteiger partial charge on any atom is -0.212 e. The molecule has 0 radical (unpaired) electrons. The summed E-state index contributed by atoms with van der Waals surface area (Å²) in [5.41, 5.74) is 1.05. The summed E-state index contributed by atoms with van der Waals surface area (Å²) in [7, 11) is -2.43. The molecule has 4 heteroatoms. The van der Waals surface area contributed by atoms with Gasteiger partial charge in [-0.25, -0.2) is 8.42 Å². The largest absolute Gasteiger partial charge is 0.234 e. The lowest BCUT2D eigenvalue weighted by Gasteiger charge is -2.04. The second-order valence-corrected chi connectivity index (χ2v) is 7.50. The first kappa shape index (κ1) is 12.2. The van der Waals surface area contributed by atoms with Gasteiger partial charge in [-0.05, 0) is 36.8 Å². The topological polar surface area (TPSA) is 34.1 Å². The molecule has 0 bridgehead atoms. The molecule has 2 aromatic rings. The lowest BCUT2D eigenvalue weighted by atomic mass is 10.2. The lowest BCUT2D eigenvalue weighted by Crippen LogP contribution is -1.94. The van der Waals surface area contributed by atoms with Crippen LogP contribution in [-0.2, 0) is 8.87 Å². The Labute approximate surface area is 105 Å². The van der Waals surface area contributed by atoms with Crippen LogP contribution in [0.1, 0.15) is 5.56 Å². The van der Waals surface area contributed by atoms with Gasteiger partial charge < -0.3 is 0 Å². The number of aryl methyl sites for hydroxylation is 1. The summed E-state index contributed by atoms with van der Waals surface area (Å²) in [5, 5.41) is 0. The van der Waals surface area contributed by atoms with Crippen LogP contribution < -0.4 is 0 Å². The Morgan fingerprint density at radius 2 is 1.65 bits per heavy atom. The van der Waals surface area contributed by atoms with E-state index in [0.29, 0.717) is 4.90 Å². The smallest absolute Gasteiger partial charge is 0.212 e. The number of rotatable bonds is 3. The van der Waals surface area contributed by atoms with Gasteiger partial charge >= 0.3 is 0 Å². The van der Waals surface area contributed by atoms with Crippen molar-refractivity contribution in [2.45, 2.75) is 16.7 Å². The van der Waals surface area contributed by atoms with E-state index >= 15 is 0 Å². The minimum absolute atomic E-state index is 0.339. The first-order chi connectivity index (χ1) is 8.08. The molecular formula is C13H12O2S2. The van der Waals surface area contributed by atoms with E-state index in [-0.39, 0.29) is 0 Å². The summed E-state index contributed by atoms with van der Waals surface area (Å²) in [6.07, 6.45) is 0. The quantitative estimate of drug-likeness (QED) is 0.796. The van der Waals surface area contributed by atoms with Gasteiger partial charge in [0.2, 0.25) is 8.87 Å². The summed E-state index contributed by atoms with van der Waals surface area (Å²) >= 11 is 0. The minimum atomic E-state index is -3.31. The molecule has 0 unspecified atom stereocenters. The molecule has 0 spiro atoms. The summed E-state index contributed by atoms with van der Waals surface area (Å²) in [6, 6.07) is 15.9. The van der Waals surface area contributed by atoms with Crippen LogP contribution in [0.5, 0.6) is 0 Å². The van der Waals surface area contributed by atoms with E-state index in [1.54, 1.807) is 36.4 Å². The van der Waals surface area contributed by atoms with Gasteiger partial charge in [-0.3, -0.25) is 0 Å². The molecule has 0 amide bonds. The number of hydrogen-bond acceptors (Lipinski definition) is 3. The third-order valence-corrected chi connectivity index (χ3v) is 5.56. The monoisotopic (exact) mass is 264 g/mol. The van der Waals surface area contributed by atoms with Crippen molar-refractivity contribution >= 4 is 19.7 Å². The van der Waals surface area contributed by atoms with Gasteiger partial charge in [-0.2, -0.15) is 0 Å². The average Bonchev–Trinajstić information content (AvgIpc) is 2.29. The molecule has 0 aliphatic rings. The zero-order valence-corrected chi connectivity index (χ0v) is 11.0. The van der Waals surface area contributed by atoms with Gasteiger partial charge in [0.1, 0.15) is 0 Å². The van der Waals surface area contributed by atoms with E-state index < -0.39 is 8.87 Å². The Balaban J connectivity index is 2.30. The molecule has 0 fully saturated rings. The fourth-order valence-electron chi connectivity index (χ4n) is 1.43. The predicted octanol–water partition coefficient (Wildman–Crippen LogP) is 3.48. The lowest BCUT2D eigenvalue weighted by molar-refractivity contribution is 0.610. The van der Waals surface area contributed by atoms with E-state index in [2.05, 4.69) is 0 Å². The number of benzene rings is 2. The third-order valence-electron chi connectivity index (χ3n) is 2.23. The van der Waals surface area contributed by atoms with E-state index in [9.17, 15) is 8.42 Å². The molecular weight excluding hydrogens is 252 g/mol. The normalized spacial score (nSPS) is 11.4. The average molecular weight is 264 g/mol. The Morgan fingerprint density at radius 1 is 0.941 bits per heavy atom. The van der Waals surface area contributed by atoms with Crippen LogP contribution in [0.4, 0.5) is 0 Å². The van der Waals surface area contributed by atoms with Crippen LogP contribution in [0, 0.1) is 6.92 Å². The fourth-order valence-corrected chi connectivity index (χ4v) is 4.33. The van der Waals surface area contributed by atoms with Crippen molar-refractivity contribution in [3.63, 3.8) is 0 Å². The standard InChI is InChI=1S/C13H12O2S2/c1-11-6-5-7-12(10-11)16-17(14,15)13-8-3-2-4-9-13/h2-10H,1H3. The Hall–Kier alpha value is -1.26. The van der Waals surface area contributed by atoms with E-state index in [1.807, 2.05) is 25.1 Å². The van der Waals surface area contributed by atoms with Crippen LogP contribution in [0.25, 0.3) is 0 Å². The van der Waals surface area contributed by atoms with Crippen LogP contribution in [0.15, 0.2) is 64.4 Å². The van der Waals surface area contributed by atoms with Crippen LogP contribution >= 0.6 is 10.8 Å².